The number of aryl methyl sites for hydroxylation is 1. The Morgan fingerprint density at radius 1 is 1.35 bits per heavy atom. The van der Waals surface area contributed by atoms with Crippen LogP contribution >= 0.6 is 0 Å². The van der Waals surface area contributed by atoms with Gasteiger partial charge in [0, 0.05) is 39.2 Å². The Kier molecular flexibility index (Phi) is 4.39. The van der Waals surface area contributed by atoms with Gasteiger partial charge in [-0.15, -0.1) is 0 Å². The number of rotatable bonds is 3. The smallest absolute Gasteiger partial charge is 0.242 e. The van der Waals surface area contributed by atoms with Crippen molar-refractivity contribution in [2.45, 2.75) is 26.8 Å². The van der Waals surface area contributed by atoms with E-state index in [-0.39, 0.29) is 17.9 Å². The predicted molar refractivity (Wildman–Crippen MR) is 73.2 cm³/mol. The Hall–Kier alpha value is -1.89. The zero-order valence-electron chi connectivity index (χ0n) is 12.0. The minimum absolute atomic E-state index is 0.0832. The van der Waals surface area contributed by atoms with E-state index in [1.165, 1.54) is 0 Å². The molecule has 2 amide bonds. The molecule has 0 saturated carbocycles. The van der Waals surface area contributed by atoms with Gasteiger partial charge < -0.3 is 14.7 Å². The second-order valence-corrected chi connectivity index (χ2v) is 5.03. The maximum absolute atomic E-state index is 12.1. The van der Waals surface area contributed by atoms with Gasteiger partial charge in [-0.2, -0.15) is 0 Å². The molecule has 1 aliphatic rings. The largest absolute Gasteiger partial charge is 0.360 e. The normalized spacial score (nSPS) is 17.9. The lowest BCUT2D eigenvalue weighted by Gasteiger charge is -2.36. The first-order chi connectivity index (χ1) is 9.47. The highest BCUT2D eigenvalue weighted by molar-refractivity contribution is 5.93. The molecule has 1 saturated heterocycles. The average Bonchev–Trinajstić information content (AvgIpc) is 2.83. The van der Waals surface area contributed by atoms with Gasteiger partial charge in [0.05, 0.1) is 6.04 Å². The Bertz CT molecular complexity index is 492. The summed E-state index contributed by atoms with van der Waals surface area (Å²) in [4.78, 5) is 27.2. The van der Waals surface area contributed by atoms with Crippen LogP contribution in [0.4, 0.5) is 5.82 Å². The molecule has 0 aromatic carbocycles. The molecule has 1 aromatic heterocycles. The molecule has 0 bridgehead atoms. The van der Waals surface area contributed by atoms with Crippen LogP contribution in [-0.2, 0) is 9.59 Å². The molecule has 0 radical (unpaired) electrons. The molecule has 7 nitrogen and oxygen atoms in total. The summed E-state index contributed by atoms with van der Waals surface area (Å²) in [6.07, 6.45) is 0. The molecule has 110 valence electrons. The minimum Gasteiger partial charge on any atom is -0.360 e. The van der Waals surface area contributed by atoms with E-state index >= 15 is 0 Å². The van der Waals surface area contributed by atoms with Gasteiger partial charge in [-0.3, -0.25) is 14.5 Å². The molecule has 2 heterocycles. The van der Waals surface area contributed by atoms with Gasteiger partial charge in [0.25, 0.3) is 0 Å². The summed E-state index contributed by atoms with van der Waals surface area (Å²) in [7, 11) is 0. The Balaban J connectivity index is 1.86. The first kappa shape index (κ1) is 14.5. The van der Waals surface area contributed by atoms with E-state index in [9.17, 15) is 9.59 Å². The lowest BCUT2D eigenvalue weighted by atomic mass is 10.2. The van der Waals surface area contributed by atoms with Gasteiger partial charge >= 0.3 is 0 Å². The Morgan fingerprint density at radius 2 is 2.00 bits per heavy atom. The molecule has 1 aromatic rings. The van der Waals surface area contributed by atoms with E-state index in [0.717, 1.165) is 0 Å². The maximum atomic E-state index is 12.1. The van der Waals surface area contributed by atoms with E-state index in [4.69, 9.17) is 4.52 Å². The number of carbonyl (C=O) groups excluding carboxylic acids is 2. The molecule has 0 aliphatic carbocycles. The molecule has 1 atom stereocenters. The van der Waals surface area contributed by atoms with Gasteiger partial charge in [0.1, 0.15) is 5.76 Å². The van der Waals surface area contributed by atoms with Crippen molar-refractivity contribution < 1.29 is 14.1 Å². The molecular formula is C13H20N4O3. The van der Waals surface area contributed by atoms with Gasteiger partial charge in [-0.05, 0) is 13.8 Å². The van der Waals surface area contributed by atoms with Crippen molar-refractivity contribution in [2.24, 2.45) is 0 Å². The van der Waals surface area contributed by atoms with Crippen LogP contribution in [0.25, 0.3) is 0 Å². The highest BCUT2D eigenvalue weighted by Crippen LogP contribution is 2.11. The number of hydrogen-bond acceptors (Lipinski definition) is 5. The van der Waals surface area contributed by atoms with Gasteiger partial charge in [-0.1, -0.05) is 5.16 Å². The predicted octanol–water partition coefficient (Wildman–Crippen LogP) is 0.474. The molecule has 1 N–H and O–H groups in total. The van der Waals surface area contributed by atoms with Crippen molar-refractivity contribution in [3.05, 3.63) is 11.8 Å². The van der Waals surface area contributed by atoms with Gasteiger partial charge in [-0.25, -0.2) is 0 Å². The highest BCUT2D eigenvalue weighted by Gasteiger charge is 2.26. The van der Waals surface area contributed by atoms with E-state index in [1.54, 1.807) is 24.8 Å². The molecule has 1 fully saturated rings. The zero-order chi connectivity index (χ0) is 14.7. The quantitative estimate of drug-likeness (QED) is 0.871. The number of anilines is 1. The van der Waals surface area contributed by atoms with Crippen molar-refractivity contribution in [3.8, 4) is 0 Å². The molecule has 0 unspecified atom stereocenters. The molecular weight excluding hydrogens is 260 g/mol. The van der Waals surface area contributed by atoms with Crippen LogP contribution in [0.5, 0.6) is 0 Å². The third kappa shape index (κ3) is 3.36. The molecule has 20 heavy (non-hydrogen) atoms. The van der Waals surface area contributed by atoms with Crippen LogP contribution in [0.2, 0.25) is 0 Å². The van der Waals surface area contributed by atoms with Crippen molar-refractivity contribution in [1.29, 1.82) is 0 Å². The number of piperazine rings is 1. The lowest BCUT2D eigenvalue weighted by Crippen LogP contribution is -2.53. The molecule has 2 rings (SSSR count). The van der Waals surface area contributed by atoms with Crippen molar-refractivity contribution in [3.63, 3.8) is 0 Å². The standard InChI is InChI=1S/C13H20N4O3/c1-9-8-12(15-20-9)14-13(19)10(2)16-4-6-17(7-5-16)11(3)18/h8,10H,4-7H2,1-3H3,(H,14,15,19)/t10-/m1/s1. The summed E-state index contributed by atoms with van der Waals surface area (Å²) < 4.78 is 4.91. The van der Waals surface area contributed by atoms with Crippen molar-refractivity contribution >= 4 is 17.6 Å². The first-order valence-corrected chi connectivity index (χ1v) is 6.71. The lowest BCUT2D eigenvalue weighted by molar-refractivity contribution is -0.131. The van der Waals surface area contributed by atoms with E-state index in [1.807, 2.05) is 6.92 Å². The van der Waals surface area contributed by atoms with Crippen LogP contribution in [-0.4, -0.2) is 59.0 Å². The van der Waals surface area contributed by atoms with E-state index in [0.29, 0.717) is 37.8 Å². The van der Waals surface area contributed by atoms with Crippen molar-refractivity contribution in [1.82, 2.24) is 15.0 Å². The van der Waals surface area contributed by atoms with Crippen LogP contribution in [0.15, 0.2) is 10.6 Å². The van der Waals surface area contributed by atoms with Gasteiger partial charge in [0.2, 0.25) is 11.8 Å². The van der Waals surface area contributed by atoms with Gasteiger partial charge in [0.15, 0.2) is 5.82 Å². The third-order valence-electron chi connectivity index (χ3n) is 3.57. The van der Waals surface area contributed by atoms with E-state index < -0.39 is 0 Å². The summed E-state index contributed by atoms with van der Waals surface area (Å²) in [5.41, 5.74) is 0. The second kappa shape index (κ2) is 6.04. The number of aromatic nitrogens is 1. The summed E-state index contributed by atoms with van der Waals surface area (Å²) in [6.45, 7) is 7.92. The first-order valence-electron chi connectivity index (χ1n) is 6.71. The summed E-state index contributed by atoms with van der Waals surface area (Å²) in [6, 6.07) is 1.42. The summed E-state index contributed by atoms with van der Waals surface area (Å²) >= 11 is 0. The number of nitrogens with one attached hydrogen (secondary N) is 1. The van der Waals surface area contributed by atoms with E-state index in [2.05, 4.69) is 15.4 Å². The minimum atomic E-state index is -0.263. The molecule has 1 aliphatic heterocycles. The fraction of sp³-hybridized carbons (Fsp3) is 0.615. The highest BCUT2D eigenvalue weighted by atomic mass is 16.5. The number of nitrogens with zero attached hydrogens (tertiary/aromatic N) is 3. The monoisotopic (exact) mass is 280 g/mol. The second-order valence-electron chi connectivity index (χ2n) is 5.03. The summed E-state index contributed by atoms with van der Waals surface area (Å²) in [5, 5.41) is 6.47. The maximum Gasteiger partial charge on any atom is 0.242 e. The SMILES string of the molecule is CC(=O)N1CCN([C@H](C)C(=O)Nc2cc(C)on2)CC1. The topological polar surface area (TPSA) is 78.7 Å². The Morgan fingerprint density at radius 3 is 2.50 bits per heavy atom. The van der Waals surface area contributed by atoms with Crippen LogP contribution in [0.1, 0.15) is 19.6 Å². The fourth-order valence-electron chi connectivity index (χ4n) is 2.25. The fourth-order valence-corrected chi connectivity index (χ4v) is 2.25. The number of carbonyl (C=O) groups is 2. The summed E-state index contributed by atoms with van der Waals surface area (Å²) in [5.74, 6) is 1.05. The van der Waals surface area contributed by atoms with Crippen LogP contribution in [0, 0.1) is 6.92 Å². The van der Waals surface area contributed by atoms with Crippen LogP contribution in [0.3, 0.4) is 0 Å². The zero-order valence-corrected chi connectivity index (χ0v) is 12.0. The van der Waals surface area contributed by atoms with Crippen molar-refractivity contribution in [2.75, 3.05) is 31.5 Å². The molecule has 0 spiro atoms. The number of hydrogen-bond donors (Lipinski definition) is 1. The Labute approximate surface area is 117 Å². The molecule has 7 heteroatoms. The number of amides is 2. The average molecular weight is 280 g/mol. The van der Waals surface area contributed by atoms with Crippen LogP contribution < -0.4 is 5.32 Å². The third-order valence-corrected chi connectivity index (χ3v) is 3.57.